The van der Waals surface area contributed by atoms with E-state index in [4.69, 9.17) is 10.5 Å². The van der Waals surface area contributed by atoms with Gasteiger partial charge in [-0.2, -0.15) is 13.1 Å². The van der Waals surface area contributed by atoms with Gasteiger partial charge >= 0.3 is 0 Å². The zero-order valence-electron chi connectivity index (χ0n) is 9.86. The van der Waals surface area contributed by atoms with E-state index < -0.39 is 10.2 Å². The Balaban J connectivity index is 2.72. The van der Waals surface area contributed by atoms with Crippen molar-refractivity contribution in [1.82, 2.24) is 4.72 Å². The first-order valence-corrected chi connectivity index (χ1v) is 6.55. The summed E-state index contributed by atoms with van der Waals surface area (Å²) in [5.41, 5.74) is 7.37. The Labute approximate surface area is 101 Å². The number of nitrogens with one attached hydrogen (secondary N) is 2. The molecule has 0 aliphatic rings. The number of rotatable bonds is 6. The summed E-state index contributed by atoms with van der Waals surface area (Å²) in [4.78, 5) is 0. The zero-order valence-corrected chi connectivity index (χ0v) is 10.7. The SMILES string of the molecule is COCCNS(=O)(=O)Nc1cc(N)ccc1C. The molecule has 4 N–H and O–H groups in total. The Morgan fingerprint density at radius 3 is 2.76 bits per heavy atom. The number of ether oxygens (including phenoxy) is 1. The van der Waals surface area contributed by atoms with Crippen LogP contribution in [0.1, 0.15) is 5.56 Å². The lowest BCUT2D eigenvalue weighted by molar-refractivity contribution is 0.204. The van der Waals surface area contributed by atoms with E-state index in [2.05, 4.69) is 9.44 Å². The molecule has 0 aliphatic heterocycles. The molecule has 0 atom stereocenters. The van der Waals surface area contributed by atoms with Gasteiger partial charge in [0.2, 0.25) is 0 Å². The molecule has 7 heteroatoms. The predicted molar refractivity (Wildman–Crippen MR) is 68.0 cm³/mol. The van der Waals surface area contributed by atoms with E-state index in [0.717, 1.165) is 5.56 Å². The number of nitrogens with two attached hydrogens (primary N) is 1. The van der Waals surface area contributed by atoms with Gasteiger partial charge in [-0.15, -0.1) is 0 Å². The Bertz CT molecular complexity index is 474. The zero-order chi connectivity index (χ0) is 12.9. The van der Waals surface area contributed by atoms with E-state index in [1.807, 2.05) is 0 Å². The van der Waals surface area contributed by atoms with Crippen molar-refractivity contribution in [2.75, 3.05) is 30.7 Å². The minimum absolute atomic E-state index is 0.215. The van der Waals surface area contributed by atoms with Gasteiger partial charge in [-0.25, -0.2) is 0 Å². The standard InChI is InChI=1S/C10H17N3O3S/c1-8-3-4-9(11)7-10(8)13-17(14,15)12-5-6-16-2/h3-4,7,12-13H,5-6,11H2,1-2H3. The Hall–Kier alpha value is -1.31. The normalized spacial score (nSPS) is 11.4. The minimum atomic E-state index is -3.58. The van der Waals surface area contributed by atoms with Crippen LogP contribution >= 0.6 is 0 Å². The molecule has 1 aromatic carbocycles. The second-order valence-electron chi connectivity index (χ2n) is 3.57. The summed E-state index contributed by atoms with van der Waals surface area (Å²) in [5, 5.41) is 0. The van der Waals surface area contributed by atoms with Crippen LogP contribution in [0.15, 0.2) is 18.2 Å². The molecule has 96 valence electrons. The number of benzene rings is 1. The van der Waals surface area contributed by atoms with Gasteiger partial charge in [0.05, 0.1) is 12.3 Å². The highest BCUT2D eigenvalue weighted by Gasteiger charge is 2.10. The lowest BCUT2D eigenvalue weighted by Crippen LogP contribution is -2.32. The van der Waals surface area contributed by atoms with Gasteiger partial charge in [0, 0.05) is 19.3 Å². The van der Waals surface area contributed by atoms with Gasteiger partial charge in [-0.3, -0.25) is 4.72 Å². The highest BCUT2D eigenvalue weighted by Crippen LogP contribution is 2.18. The number of anilines is 2. The van der Waals surface area contributed by atoms with Crippen LogP contribution in [0.2, 0.25) is 0 Å². The molecule has 1 aromatic rings. The summed E-state index contributed by atoms with van der Waals surface area (Å²) < 4.78 is 32.8. The Morgan fingerprint density at radius 1 is 1.41 bits per heavy atom. The smallest absolute Gasteiger partial charge is 0.299 e. The van der Waals surface area contributed by atoms with E-state index in [9.17, 15) is 8.42 Å². The first-order chi connectivity index (χ1) is 7.94. The third kappa shape index (κ3) is 4.59. The van der Waals surface area contributed by atoms with Gasteiger partial charge in [0.25, 0.3) is 10.2 Å². The molecule has 0 heterocycles. The summed E-state index contributed by atoms with van der Waals surface area (Å²) in [6, 6.07) is 5.04. The second-order valence-corrected chi connectivity index (χ2v) is 5.07. The molecule has 0 fully saturated rings. The average Bonchev–Trinajstić information content (AvgIpc) is 2.23. The van der Waals surface area contributed by atoms with Crippen LogP contribution in [0.4, 0.5) is 11.4 Å². The van der Waals surface area contributed by atoms with Gasteiger partial charge < -0.3 is 10.5 Å². The predicted octanol–water partition coefficient (Wildman–Crippen LogP) is 0.470. The number of methoxy groups -OCH3 is 1. The van der Waals surface area contributed by atoms with Gasteiger partial charge in [-0.1, -0.05) is 6.07 Å². The largest absolute Gasteiger partial charge is 0.399 e. The lowest BCUT2D eigenvalue weighted by atomic mass is 10.2. The molecule has 0 spiro atoms. The maximum Gasteiger partial charge on any atom is 0.299 e. The van der Waals surface area contributed by atoms with E-state index in [1.54, 1.807) is 25.1 Å². The summed E-state index contributed by atoms with van der Waals surface area (Å²) in [7, 11) is -2.08. The van der Waals surface area contributed by atoms with E-state index in [1.165, 1.54) is 7.11 Å². The molecule has 0 saturated carbocycles. The van der Waals surface area contributed by atoms with Crippen molar-refractivity contribution in [2.24, 2.45) is 0 Å². The molecule has 6 nitrogen and oxygen atoms in total. The summed E-state index contributed by atoms with van der Waals surface area (Å²) >= 11 is 0. The molecule has 0 aromatic heterocycles. The third-order valence-electron chi connectivity index (χ3n) is 2.10. The molecule has 0 saturated heterocycles. The van der Waals surface area contributed by atoms with E-state index in [-0.39, 0.29) is 6.54 Å². The van der Waals surface area contributed by atoms with Crippen LogP contribution < -0.4 is 15.2 Å². The summed E-state index contributed by atoms with van der Waals surface area (Å²) in [6.07, 6.45) is 0. The van der Waals surface area contributed by atoms with Crippen molar-refractivity contribution in [2.45, 2.75) is 6.92 Å². The fraction of sp³-hybridized carbons (Fsp3) is 0.400. The second kappa shape index (κ2) is 5.85. The Kier molecular flexibility index (Phi) is 4.73. The van der Waals surface area contributed by atoms with Crippen molar-refractivity contribution < 1.29 is 13.2 Å². The van der Waals surface area contributed by atoms with Gasteiger partial charge in [0.1, 0.15) is 0 Å². The molecule has 0 bridgehead atoms. The van der Waals surface area contributed by atoms with Crippen LogP contribution in [-0.4, -0.2) is 28.7 Å². The molecular formula is C10H17N3O3S. The minimum Gasteiger partial charge on any atom is -0.399 e. The number of nitrogen functional groups attached to an aromatic ring is 1. The number of aryl methyl sites for hydroxylation is 1. The first kappa shape index (κ1) is 13.8. The molecular weight excluding hydrogens is 242 g/mol. The van der Waals surface area contributed by atoms with Crippen LogP contribution in [0.5, 0.6) is 0 Å². The summed E-state index contributed by atoms with van der Waals surface area (Å²) in [6.45, 7) is 2.33. The van der Waals surface area contributed by atoms with Gasteiger partial charge in [0.15, 0.2) is 0 Å². The van der Waals surface area contributed by atoms with Gasteiger partial charge in [-0.05, 0) is 24.6 Å². The molecule has 0 amide bonds. The number of hydrogen-bond donors (Lipinski definition) is 3. The van der Waals surface area contributed by atoms with Crippen LogP contribution in [0.25, 0.3) is 0 Å². The van der Waals surface area contributed by atoms with E-state index >= 15 is 0 Å². The van der Waals surface area contributed by atoms with Crippen molar-refractivity contribution in [3.8, 4) is 0 Å². The van der Waals surface area contributed by atoms with Crippen LogP contribution in [0, 0.1) is 6.92 Å². The molecule has 1 rings (SSSR count). The third-order valence-corrected chi connectivity index (χ3v) is 3.18. The van der Waals surface area contributed by atoms with Crippen molar-refractivity contribution in [3.63, 3.8) is 0 Å². The van der Waals surface area contributed by atoms with Crippen molar-refractivity contribution in [3.05, 3.63) is 23.8 Å². The van der Waals surface area contributed by atoms with E-state index in [0.29, 0.717) is 18.0 Å². The molecule has 0 unspecified atom stereocenters. The Morgan fingerprint density at radius 2 is 2.12 bits per heavy atom. The highest BCUT2D eigenvalue weighted by atomic mass is 32.2. The summed E-state index contributed by atoms with van der Waals surface area (Å²) in [5.74, 6) is 0. The fourth-order valence-electron chi connectivity index (χ4n) is 1.21. The monoisotopic (exact) mass is 259 g/mol. The quantitative estimate of drug-likeness (QED) is 0.511. The highest BCUT2D eigenvalue weighted by molar-refractivity contribution is 7.90. The van der Waals surface area contributed by atoms with Crippen molar-refractivity contribution in [1.29, 1.82) is 0 Å². The maximum absolute atomic E-state index is 11.6. The molecule has 0 radical (unpaired) electrons. The van der Waals surface area contributed by atoms with Crippen LogP contribution in [0.3, 0.4) is 0 Å². The van der Waals surface area contributed by atoms with Crippen LogP contribution in [-0.2, 0) is 14.9 Å². The lowest BCUT2D eigenvalue weighted by Gasteiger charge is -2.11. The van der Waals surface area contributed by atoms with Crippen molar-refractivity contribution >= 4 is 21.6 Å². The molecule has 17 heavy (non-hydrogen) atoms. The fourth-order valence-corrected chi connectivity index (χ4v) is 2.14. The maximum atomic E-state index is 11.6. The average molecular weight is 259 g/mol. The molecule has 0 aliphatic carbocycles. The number of hydrogen-bond acceptors (Lipinski definition) is 4. The first-order valence-electron chi connectivity index (χ1n) is 5.07. The topological polar surface area (TPSA) is 93.4 Å².